The molecule has 0 radical (unpaired) electrons. The molecule has 0 N–H and O–H groups in total. The molecule has 0 bridgehead atoms. The van der Waals surface area contributed by atoms with Crippen molar-refractivity contribution in [2.75, 3.05) is 0 Å². The van der Waals surface area contributed by atoms with E-state index in [1.807, 2.05) is 0 Å². The highest BCUT2D eigenvalue weighted by Crippen LogP contribution is 2.41. The fourth-order valence-corrected chi connectivity index (χ4v) is 4.59. The quantitative estimate of drug-likeness (QED) is 0.800. The lowest BCUT2D eigenvalue weighted by molar-refractivity contribution is 0.140. The number of aryl methyl sites for hydroxylation is 1. The lowest BCUT2D eigenvalue weighted by Gasteiger charge is -2.04. The number of thiazole rings is 1. The second-order valence-electron chi connectivity index (χ2n) is 5.33. The van der Waals surface area contributed by atoms with Crippen LogP contribution in [0.15, 0.2) is 5.38 Å². The average Bonchev–Trinajstić information content (AvgIpc) is 3.06. The number of sulfone groups is 1. The first-order chi connectivity index (χ1) is 10.4. The second kappa shape index (κ2) is 5.65. The van der Waals surface area contributed by atoms with Crippen LogP contribution in [0.4, 0.5) is 8.78 Å². The van der Waals surface area contributed by atoms with Crippen LogP contribution in [0.3, 0.4) is 0 Å². The Morgan fingerprint density at radius 1 is 1.41 bits per heavy atom. The molecule has 2 aromatic heterocycles. The third-order valence-corrected chi connectivity index (χ3v) is 5.88. The fraction of sp³-hybridized carbons (Fsp3) is 0.583. The molecule has 1 saturated carbocycles. The Morgan fingerprint density at radius 3 is 2.77 bits per heavy atom. The van der Waals surface area contributed by atoms with E-state index in [4.69, 9.17) is 0 Å². The van der Waals surface area contributed by atoms with Crippen LogP contribution >= 0.6 is 11.3 Å². The van der Waals surface area contributed by atoms with Gasteiger partial charge in [0.2, 0.25) is 0 Å². The Kier molecular flexibility index (Phi) is 3.98. The van der Waals surface area contributed by atoms with E-state index >= 15 is 0 Å². The maximum Gasteiger partial charge on any atom is 0.281 e. The van der Waals surface area contributed by atoms with Crippen LogP contribution in [-0.2, 0) is 28.4 Å². The highest BCUT2D eigenvalue weighted by molar-refractivity contribution is 7.89. The molecule has 0 unspecified atom stereocenters. The van der Waals surface area contributed by atoms with E-state index in [1.54, 1.807) is 5.38 Å². The molecular formula is C12H14F2N4O2S2. The minimum Gasteiger partial charge on any atom is -0.246 e. The van der Waals surface area contributed by atoms with Crippen LogP contribution in [0.5, 0.6) is 0 Å². The van der Waals surface area contributed by atoms with Gasteiger partial charge in [0.1, 0.15) is 11.4 Å². The van der Waals surface area contributed by atoms with Crippen molar-refractivity contribution in [3.8, 4) is 0 Å². The molecule has 0 atom stereocenters. The molecule has 0 saturated heterocycles. The van der Waals surface area contributed by atoms with Crippen LogP contribution in [0, 0.1) is 0 Å². The van der Waals surface area contributed by atoms with Gasteiger partial charge in [0.25, 0.3) is 6.43 Å². The molecule has 0 amide bonds. The Balaban J connectivity index is 1.75. The summed E-state index contributed by atoms with van der Waals surface area (Å²) in [5, 5.41) is 9.69. The summed E-state index contributed by atoms with van der Waals surface area (Å²) in [6, 6.07) is 0. The van der Waals surface area contributed by atoms with Crippen molar-refractivity contribution in [1.82, 2.24) is 20.0 Å². The van der Waals surface area contributed by atoms with Gasteiger partial charge in [-0.25, -0.2) is 26.9 Å². The Labute approximate surface area is 130 Å². The number of nitrogens with zero attached hydrogens (tertiary/aromatic N) is 4. The molecule has 2 aromatic rings. The van der Waals surface area contributed by atoms with Gasteiger partial charge in [0.05, 0.1) is 22.2 Å². The van der Waals surface area contributed by atoms with Crippen LogP contribution in [0.1, 0.15) is 47.3 Å². The Morgan fingerprint density at radius 2 is 2.14 bits per heavy atom. The molecule has 0 aromatic carbocycles. The van der Waals surface area contributed by atoms with Gasteiger partial charge in [-0.1, -0.05) is 5.21 Å². The lowest BCUT2D eigenvalue weighted by atomic mass is 10.3. The van der Waals surface area contributed by atoms with Gasteiger partial charge >= 0.3 is 0 Å². The third kappa shape index (κ3) is 3.32. The molecule has 22 heavy (non-hydrogen) atoms. The van der Waals surface area contributed by atoms with Crippen LogP contribution in [0.25, 0.3) is 0 Å². The first-order valence-electron chi connectivity index (χ1n) is 6.67. The largest absolute Gasteiger partial charge is 0.281 e. The molecule has 2 heterocycles. The molecule has 3 rings (SSSR count). The Bertz CT molecular complexity index is 781. The smallest absolute Gasteiger partial charge is 0.246 e. The van der Waals surface area contributed by atoms with E-state index in [0.29, 0.717) is 11.6 Å². The molecule has 0 aliphatic heterocycles. The van der Waals surface area contributed by atoms with E-state index < -0.39 is 27.7 Å². The minimum absolute atomic E-state index is 0.199. The van der Waals surface area contributed by atoms with Gasteiger partial charge in [-0.2, -0.15) is 0 Å². The normalized spacial score (nSPS) is 15.6. The SMILES string of the molecule is Cn1nnc(CS(=O)(=O)Cc2csc(C3CC3)n2)c1C(F)F. The van der Waals surface area contributed by atoms with Gasteiger partial charge in [-0.3, -0.25) is 0 Å². The molecule has 120 valence electrons. The van der Waals surface area contributed by atoms with Crippen molar-refractivity contribution < 1.29 is 17.2 Å². The van der Waals surface area contributed by atoms with E-state index in [-0.39, 0.29) is 11.4 Å². The van der Waals surface area contributed by atoms with Crippen molar-refractivity contribution in [1.29, 1.82) is 0 Å². The summed E-state index contributed by atoms with van der Waals surface area (Å²) in [6.45, 7) is 0. The molecule has 1 aliphatic rings. The molecule has 0 spiro atoms. The predicted molar refractivity (Wildman–Crippen MR) is 76.4 cm³/mol. The van der Waals surface area contributed by atoms with Crippen molar-refractivity contribution >= 4 is 21.2 Å². The first-order valence-corrected chi connectivity index (χ1v) is 9.37. The van der Waals surface area contributed by atoms with Crippen LogP contribution < -0.4 is 0 Å². The zero-order valence-corrected chi connectivity index (χ0v) is 13.4. The summed E-state index contributed by atoms with van der Waals surface area (Å²) in [7, 11) is -2.31. The number of hydrogen-bond acceptors (Lipinski definition) is 6. The lowest BCUT2D eigenvalue weighted by Crippen LogP contribution is -2.11. The number of rotatable bonds is 6. The topological polar surface area (TPSA) is 77.7 Å². The summed E-state index contributed by atoms with van der Waals surface area (Å²) in [5.41, 5.74) is -0.190. The van der Waals surface area contributed by atoms with Crippen LogP contribution in [0.2, 0.25) is 0 Å². The van der Waals surface area contributed by atoms with Gasteiger partial charge in [0, 0.05) is 18.3 Å². The highest BCUT2D eigenvalue weighted by Gasteiger charge is 2.28. The summed E-state index contributed by atoms with van der Waals surface area (Å²) >= 11 is 1.45. The molecule has 1 fully saturated rings. The number of hydrogen-bond donors (Lipinski definition) is 0. The van der Waals surface area contributed by atoms with Gasteiger partial charge < -0.3 is 0 Å². The summed E-state index contributed by atoms with van der Waals surface area (Å²) < 4.78 is 51.1. The molecular weight excluding hydrogens is 334 g/mol. The van der Waals surface area contributed by atoms with Gasteiger partial charge in [-0.05, 0) is 12.8 Å². The second-order valence-corrected chi connectivity index (χ2v) is 8.28. The van der Waals surface area contributed by atoms with Crippen molar-refractivity contribution in [2.24, 2.45) is 7.05 Å². The summed E-state index contributed by atoms with van der Waals surface area (Å²) in [6.07, 6.45) is -0.625. The van der Waals surface area contributed by atoms with E-state index in [0.717, 1.165) is 22.5 Å². The minimum atomic E-state index is -3.63. The summed E-state index contributed by atoms with van der Waals surface area (Å²) in [5.74, 6) is -0.362. The zero-order valence-electron chi connectivity index (χ0n) is 11.7. The molecule has 1 aliphatic carbocycles. The number of alkyl halides is 2. The highest BCUT2D eigenvalue weighted by atomic mass is 32.2. The molecule has 6 nitrogen and oxygen atoms in total. The maximum absolute atomic E-state index is 12.9. The van der Waals surface area contributed by atoms with Gasteiger partial charge in [0.15, 0.2) is 9.84 Å². The average molecular weight is 348 g/mol. The predicted octanol–water partition coefficient (Wildman–Crippen LogP) is 2.20. The number of aromatic nitrogens is 4. The standard InChI is InChI=1S/C12H14F2N4O2S2/c1-18-10(11(13)14)9(16-17-18)6-22(19,20)5-8-4-21-12(15-8)7-2-3-7/h4,7,11H,2-3,5-6H2,1H3. The van der Waals surface area contributed by atoms with E-state index in [1.165, 1.54) is 18.4 Å². The van der Waals surface area contributed by atoms with E-state index in [2.05, 4.69) is 15.3 Å². The maximum atomic E-state index is 12.9. The van der Waals surface area contributed by atoms with Crippen LogP contribution in [-0.4, -0.2) is 28.4 Å². The Hall–Kier alpha value is -1.42. The monoisotopic (exact) mass is 348 g/mol. The summed E-state index contributed by atoms with van der Waals surface area (Å²) in [4.78, 5) is 4.31. The van der Waals surface area contributed by atoms with Crippen molar-refractivity contribution in [2.45, 2.75) is 36.7 Å². The third-order valence-electron chi connectivity index (χ3n) is 3.37. The number of halogens is 2. The van der Waals surface area contributed by atoms with Crippen molar-refractivity contribution in [3.05, 3.63) is 27.5 Å². The van der Waals surface area contributed by atoms with Gasteiger partial charge in [-0.15, -0.1) is 16.4 Å². The first kappa shape index (κ1) is 15.5. The fourth-order valence-electron chi connectivity index (χ4n) is 2.17. The van der Waals surface area contributed by atoms with E-state index in [9.17, 15) is 17.2 Å². The van der Waals surface area contributed by atoms with Crippen molar-refractivity contribution in [3.63, 3.8) is 0 Å². The molecule has 10 heteroatoms. The zero-order chi connectivity index (χ0) is 15.9.